The molecule has 1 aromatic rings. The fourth-order valence-electron chi connectivity index (χ4n) is 5.32. The van der Waals surface area contributed by atoms with E-state index >= 15 is 0 Å². The Bertz CT molecular complexity index is 1090. The lowest BCUT2D eigenvalue weighted by atomic mass is 9.67. The van der Waals surface area contributed by atoms with Crippen LogP contribution in [0.1, 0.15) is 38.3 Å². The number of rotatable bonds is 4. The predicted octanol–water partition coefficient (Wildman–Crippen LogP) is 2.38. The smallest absolute Gasteiger partial charge is 0.366 e. The fraction of sp³-hybridized carbons (Fsp3) is 0.600. The normalized spacial score (nSPS) is 35.2. The van der Waals surface area contributed by atoms with E-state index < -0.39 is 62.7 Å². The van der Waals surface area contributed by atoms with Gasteiger partial charge in [0.1, 0.15) is 0 Å². The van der Waals surface area contributed by atoms with E-state index in [-0.39, 0.29) is 23.4 Å². The number of aryl methyl sites for hydroxylation is 1. The Morgan fingerprint density at radius 3 is 2.39 bits per heavy atom. The van der Waals surface area contributed by atoms with Crippen LogP contribution in [0.2, 0.25) is 0 Å². The Balaban J connectivity index is 1.74. The van der Waals surface area contributed by atoms with Crippen LogP contribution in [0.25, 0.3) is 0 Å². The molecule has 2 unspecified atom stereocenters. The number of carbonyl (C=O) groups excluding carboxylic acids is 2. The molecular weight excluding hydrogens is 437 g/mol. The van der Waals surface area contributed by atoms with Gasteiger partial charge in [0.2, 0.25) is 21.8 Å². The lowest BCUT2D eigenvalue weighted by molar-refractivity contribution is -0.138. The number of imide groups is 1. The summed E-state index contributed by atoms with van der Waals surface area (Å²) >= 11 is 0. The Hall–Kier alpha value is -1.98. The molecule has 2 amide bonds. The highest BCUT2D eigenvalue weighted by molar-refractivity contribution is 7.89. The zero-order valence-electron chi connectivity index (χ0n) is 17.4. The van der Waals surface area contributed by atoms with Gasteiger partial charge in [0, 0.05) is 0 Å². The summed E-state index contributed by atoms with van der Waals surface area (Å²) in [6.45, 7) is 6.00. The Kier molecular flexibility index (Phi) is 4.67. The number of ether oxygens (including phenoxy) is 1. The maximum atomic E-state index is 13.4. The van der Waals surface area contributed by atoms with Crippen LogP contribution in [-0.4, -0.2) is 43.2 Å². The van der Waals surface area contributed by atoms with Gasteiger partial charge in [-0.2, -0.15) is 13.2 Å². The second-order valence-electron chi connectivity index (χ2n) is 8.84. The number of hydrogen-bond acceptors (Lipinski definition) is 5. The number of fused-ring (bicyclic) bond motifs is 5. The predicted molar refractivity (Wildman–Crippen MR) is 105 cm³/mol. The molecular formula is C20H23F3N2O5S. The zero-order valence-corrected chi connectivity index (χ0v) is 18.2. The van der Waals surface area contributed by atoms with E-state index in [0.717, 1.165) is 11.0 Å². The van der Waals surface area contributed by atoms with Crippen molar-refractivity contribution >= 4 is 27.5 Å². The SMILES string of the molecule is CCS(=O)(=O)N[C@@H]1CC2(C)OC1(C)[C@@H]1C(=O)N(c3ccc(C)c(C(F)(F)F)c3)C(=O)[C@@H]12. The van der Waals surface area contributed by atoms with Crippen LogP contribution in [0.4, 0.5) is 18.9 Å². The van der Waals surface area contributed by atoms with E-state index in [4.69, 9.17) is 4.74 Å². The van der Waals surface area contributed by atoms with Gasteiger partial charge >= 0.3 is 6.18 Å². The first kappa shape index (κ1) is 22.2. The molecule has 0 aromatic heterocycles. The molecule has 170 valence electrons. The van der Waals surface area contributed by atoms with Crippen LogP contribution in [-0.2, 0) is 30.5 Å². The van der Waals surface area contributed by atoms with Crippen molar-refractivity contribution in [2.24, 2.45) is 11.8 Å². The second-order valence-corrected chi connectivity index (χ2v) is 10.9. The molecule has 31 heavy (non-hydrogen) atoms. The van der Waals surface area contributed by atoms with Gasteiger partial charge in [-0.1, -0.05) is 6.07 Å². The van der Waals surface area contributed by atoms with Crippen LogP contribution >= 0.6 is 0 Å². The monoisotopic (exact) mass is 460 g/mol. The first-order valence-corrected chi connectivity index (χ1v) is 11.6. The third kappa shape index (κ3) is 3.12. The van der Waals surface area contributed by atoms with Gasteiger partial charge in [0.15, 0.2) is 0 Å². The van der Waals surface area contributed by atoms with E-state index in [1.807, 2.05) is 0 Å². The highest BCUT2D eigenvalue weighted by Crippen LogP contribution is 2.61. The molecule has 3 saturated heterocycles. The molecule has 3 aliphatic heterocycles. The van der Waals surface area contributed by atoms with Gasteiger partial charge in [0.25, 0.3) is 0 Å². The lowest BCUT2D eigenvalue weighted by Crippen LogP contribution is -2.56. The molecule has 0 aliphatic carbocycles. The number of amides is 2. The van der Waals surface area contributed by atoms with Crippen LogP contribution in [0.3, 0.4) is 0 Å². The number of carbonyl (C=O) groups is 2. The summed E-state index contributed by atoms with van der Waals surface area (Å²) in [6.07, 6.45) is -4.45. The van der Waals surface area contributed by atoms with Crippen molar-refractivity contribution in [3.05, 3.63) is 29.3 Å². The summed E-state index contributed by atoms with van der Waals surface area (Å²) in [5.41, 5.74) is -3.50. The Labute approximate surface area is 178 Å². The van der Waals surface area contributed by atoms with Crippen molar-refractivity contribution in [1.29, 1.82) is 0 Å². The lowest BCUT2D eigenvalue weighted by Gasteiger charge is -2.35. The van der Waals surface area contributed by atoms with Crippen molar-refractivity contribution in [2.45, 2.75) is 57.5 Å². The molecule has 3 heterocycles. The molecule has 7 nitrogen and oxygen atoms in total. The molecule has 11 heteroatoms. The van der Waals surface area contributed by atoms with Gasteiger partial charge in [0.05, 0.1) is 46.1 Å². The number of benzene rings is 1. The van der Waals surface area contributed by atoms with E-state index in [0.29, 0.717) is 0 Å². The first-order valence-electron chi connectivity index (χ1n) is 9.90. The van der Waals surface area contributed by atoms with Crippen molar-refractivity contribution in [3.8, 4) is 0 Å². The van der Waals surface area contributed by atoms with Crippen molar-refractivity contribution in [1.82, 2.24) is 4.72 Å². The van der Waals surface area contributed by atoms with Crippen LogP contribution in [0, 0.1) is 18.8 Å². The van der Waals surface area contributed by atoms with Crippen LogP contribution in [0.5, 0.6) is 0 Å². The third-order valence-corrected chi connectivity index (χ3v) is 8.23. The largest absolute Gasteiger partial charge is 0.416 e. The molecule has 1 aromatic carbocycles. The fourth-order valence-corrected chi connectivity index (χ4v) is 6.24. The van der Waals surface area contributed by atoms with Crippen LogP contribution in [0.15, 0.2) is 18.2 Å². The summed E-state index contributed by atoms with van der Waals surface area (Å²) in [5.74, 6) is -3.37. The summed E-state index contributed by atoms with van der Waals surface area (Å²) in [6, 6.07) is 2.60. The highest BCUT2D eigenvalue weighted by Gasteiger charge is 2.76. The van der Waals surface area contributed by atoms with Gasteiger partial charge in [-0.15, -0.1) is 0 Å². The van der Waals surface area contributed by atoms with E-state index in [1.165, 1.54) is 26.0 Å². The topological polar surface area (TPSA) is 92.8 Å². The number of nitrogens with zero attached hydrogens (tertiary/aromatic N) is 1. The van der Waals surface area contributed by atoms with Crippen LogP contribution < -0.4 is 9.62 Å². The first-order chi connectivity index (χ1) is 14.1. The zero-order chi connectivity index (χ0) is 23.1. The van der Waals surface area contributed by atoms with E-state index in [2.05, 4.69) is 4.72 Å². The number of anilines is 1. The standard InChI is InChI=1S/C20H23F3N2O5S/c1-5-31(28,29)24-13-9-18(3)14-15(19(13,4)30-18)17(27)25(16(14)26)11-7-6-10(2)12(8-11)20(21,22)23/h6-8,13-15,24H,5,9H2,1-4H3/t13-,14-,15+,18?,19?/m1/s1. The minimum Gasteiger partial charge on any atom is -0.366 e. The van der Waals surface area contributed by atoms with E-state index in [1.54, 1.807) is 13.8 Å². The average Bonchev–Trinajstić information content (AvgIpc) is 3.16. The molecule has 1 N–H and O–H groups in total. The highest BCUT2D eigenvalue weighted by atomic mass is 32.2. The average molecular weight is 460 g/mol. The number of nitrogens with one attached hydrogen (secondary N) is 1. The number of alkyl halides is 3. The van der Waals surface area contributed by atoms with Crippen molar-refractivity contribution in [3.63, 3.8) is 0 Å². The second kappa shape index (κ2) is 6.52. The number of halogens is 3. The summed E-state index contributed by atoms with van der Waals surface area (Å²) < 4.78 is 73.0. The van der Waals surface area contributed by atoms with Crippen molar-refractivity contribution in [2.75, 3.05) is 10.7 Å². The molecule has 0 radical (unpaired) electrons. The summed E-state index contributed by atoms with van der Waals surface area (Å²) in [4.78, 5) is 27.4. The molecule has 0 spiro atoms. The third-order valence-electron chi connectivity index (χ3n) is 6.82. The minimum absolute atomic E-state index is 0.0214. The van der Waals surface area contributed by atoms with Gasteiger partial charge in [-0.25, -0.2) is 18.0 Å². The Morgan fingerprint density at radius 1 is 1.19 bits per heavy atom. The van der Waals surface area contributed by atoms with Gasteiger partial charge in [-0.3, -0.25) is 9.59 Å². The number of hydrogen-bond donors (Lipinski definition) is 1. The summed E-state index contributed by atoms with van der Waals surface area (Å²) in [7, 11) is -3.61. The maximum absolute atomic E-state index is 13.4. The molecule has 0 saturated carbocycles. The Morgan fingerprint density at radius 2 is 1.81 bits per heavy atom. The summed E-state index contributed by atoms with van der Waals surface area (Å²) in [5, 5.41) is 0. The maximum Gasteiger partial charge on any atom is 0.416 e. The van der Waals surface area contributed by atoms with E-state index in [9.17, 15) is 31.2 Å². The molecule has 4 rings (SSSR count). The molecule has 3 fully saturated rings. The molecule has 3 aliphatic rings. The molecule has 5 atom stereocenters. The minimum atomic E-state index is -4.63. The number of sulfonamides is 1. The van der Waals surface area contributed by atoms with Gasteiger partial charge in [-0.05, 0) is 51.8 Å². The molecule has 2 bridgehead atoms. The van der Waals surface area contributed by atoms with Crippen molar-refractivity contribution < 1.29 is 35.9 Å². The quantitative estimate of drug-likeness (QED) is 0.697. The van der Waals surface area contributed by atoms with Gasteiger partial charge < -0.3 is 4.74 Å².